The van der Waals surface area contributed by atoms with Crippen molar-refractivity contribution in [2.45, 2.75) is 81.7 Å². The second-order valence-corrected chi connectivity index (χ2v) is 12.1. The number of fused-ring (bicyclic) bond motifs is 1. The summed E-state index contributed by atoms with van der Waals surface area (Å²) in [6, 6.07) is 5.35. The Morgan fingerprint density at radius 1 is 1.09 bits per heavy atom. The number of ether oxygens (including phenoxy) is 4. The summed E-state index contributed by atoms with van der Waals surface area (Å²) >= 11 is 11.9. The van der Waals surface area contributed by atoms with Crippen LogP contribution in [-0.2, 0) is 30.4 Å². The molecule has 3 fully saturated rings. The second-order valence-electron chi connectivity index (χ2n) is 11.3. The molecule has 13 nitrogen and oxygen atoms in total. The van der Waals surface area contributed by atoms with E-state index in [1.807, 2.05) is 0 Å². The van der Waals surface area contributed by atoms with Crippen LogP contribution in [-0.4, -0.2) is 100 Å². The molecule has 0 unspecified atom stereocenters. The topological polar surface area (TPSA) is 195 Å². The zero-order chi connectivity index (χ0) is 34.2. The Balaban J connectivity index is 1.18. The number of hydrogen-bond donors (Lipinski definition) is 6. The SMILES string of the molecule is C/C(=C\c1ccc(O[C@@H]2O[C@H](/C(C)=N/OCc3cc(F)cc(Cl)c3Cl)[C@@H](O)[C@H]2F)c(N)c1)C(=O)N[C@@H]1[C@H](O)[C@@H](O)[C@H]2OCO[C@H]2[C@@H]1O. The van der Waals surface area contributed by atoms with E-state index in [-0.39, 0.29) is 51.7 Å². The molecule has 2 heterocycles. The number of benzene rings is 2. The highest BCUT2D eigenvalue weighted by molar-refractivity contribution is 6.42. The number of alkyl halides is 1. The van der Waals surface area contributed by atoms with Crippen LogP contribution in [0.4, 0.5) is 14.5 Å². The molecule has 7 N–H and O–H groups in total. The van der Waals surface area contributed by atoms with Crippen LogP contribution < -0.4 is 15.8 Å². The summed E-state index contributed by atoms with van der Waals surface area (Å²) in [6.07, 6.45) is -11.1. The molecule has 47 heavy (non-hydrogen) atoms. The number of nitrogens with zero attached hydrogens (tertiary/aromatic N) is 1. The molecule has 0 bridgehead atoms. The highest BCUT2D eigenvalue weighted by Crippen LogP contribution is 2.33. The van der Waals surface area contributed by atoms with Crippen molar-refractivity contribution in [3.8, 4) is 5.75 Å². The Labute approximate surface area is 277 Å². The molecular weight excluding hydrogens is 671 g/mol. The van der Waals surface area contributed by atoms with Crippen molar-refractivity contribution in [3.63, 3.8) is 0 Å². The van der Waals surface area contributed by atoms with Crippen molar-refractivity contribution >= 4 is 46.6 Å². The van der Waals surface area contributed by atoms with Gasteiger partial charge in [-0.15, -0.1) is 0 Å². The van der Waals surface area contributed by atoms with Crippen LogP contribution >= 0.6 is 23.2 Å². The minimum absolute atomic E-state index is 0.00348. The first kappa shape index (κ1) is 35.2. The number of nitrogens with two attached hydrogens (primary N) is 1. The van der Waals surface area contributed by atoms with Gasteiger partial charge in [0.2, 0.25) is 12.2 Å². The van der Waals surface area contributed by atoms with E-state index < -0.39 is 73.0 Å². The summed E-state index contributed by atoms with van der Waals surface area (Å²) in [5, 5.41) is 48.2. The molecule has 3 aliphatic rings. The maximum Gasteiger partial charge on any atom is 0.247 e. The van der Waals surface area contributed by atoms with Crippen molar-refractivity contribution < 1.29 is 57.8 Å². The number of anilines is 1. The van der Waals surface area contributed by atoms with E-state index in [4.69, 9.17) is 52.7 Å². The molecule has 2 aliphatic heterocycles. The van der Waals surface area contributed by atoms with Gasteiger partial charge in [0.15, 0.2) is 6.17 Å². The molecule has 2 aromatic carbocycles. The molecule has 0 radical (unpaired) electrons. The zero-order valence-electron chi connectivity index (χ0n) is 24.9. The van der Waals surface area contributed by atoms with Gasteiger partial charge in [0, 0.05) is 11.1 Å². The number of amides is 1. The van der Waals surface area contributed by atoms with Crippen molar-refractivity contribution in [1.82, 2.24) is 5.32 Å². The summed E-state index contributed by atoms with van der Waals surface area (Å²) in [7, 11) is 0. The Morgan fingerprint density at radius 2 is 1.79 bits per heavy atom. The second kappa shape index (κ2) is 14.6. The average molecular weight is 705 g/mol. The molecule has 10 atom stereocenters. The van der Waals surface area contributed by atoms with Crippen LogP contribution in [0.1, 0.15) is 25.0 Å². The molecule has 1 saturated carbocycles. The number of aliphatic hydroxyl groups is 4. The number of rotatable bonds is 9. The number of oxime groups is 1. The minimum atomic E-state index is -1.99. The van der Waals surface area contributed by atoms with Crippen LogP contribution in [0.25, 0.3) is 6.08 Å². The predicted molar refractivity (Wildman–Crippen MR) is 164 cm³/mol. The van der Waals surface area contributed by atoms with Crippen molar-refractivity contribution in [3.05, 3.63) is 62.9 Å². The monoisotopic (exact) mass is 703 g/mol. The van der Waals surface area contributed by atoms with Gasteiger partial charge in [0.1, 0.15) is 67.7 Å². The minimum Gasteiger partial charge on any atom is -0.459 e. The average Bonchev–Trinajstić information content (AvgIpc) is 3.63. The van der Waals surface area contributed by atoms with Crippen molar-refractivity contribution in [2.24, 2.45) is 5.16 Å². The fourth-order valence-electron chi connectivity index (χ4n) is 5.46. The van der Waals surface area contributed by atoms with Gasteiger partial charge < -0.3 is 55.3 Å². The summed E-state index contributed by atoms with van der Waals surface area (Å²) in [4.78, 5) is 18.1. The van der Waals surface area contributed by atoms with E-state index in [1.165, 1.54) is 38.1 Å². The highest BCUT2D eigenvalue weighted by atomic mass is 35.5. The largest absolute Gasteiger partial charge is 0.459 e. The van der Waals surface area contributed by atoms with Gasteiger partial charge in [-0.05, 0) is 49.8 Å². The van der Waals surface area contributed by atoms with E-state index >= 15 is 0 Å². The highest BCUT2D eigenvalue weighted by Gasteiger charge is 2.53. The van der Waals surface area contributed by atoms with Gasteiger partial charge in [0.25, 0.3) is 0 Å². The van der Waals surface area contributed by atoms with Gasteiger partial charge in [0.05, 0.1) is 27.5 Å². The molecule has 0 aromatic heterocycles. The number of nitrogens with one attached hydrogen (secondary N) is 1. The van der Waals surface area contributed by atoms with Gasteiger partial charge in [-0.3, -0.25) is 4.79 Å². The van der Waals surface area contributed by atoms with Crippen molar-refractivity contribution in [1.29, 1.82) is 0 Å². The van der Waals surface area contributed by atoms with Crippen LogP contribution in [0.3, 0.4) is 0 Å². The molecule has 17 heteroatoms. The zero-order valence-corrected chi connectivity index (χ0v) is 26.4. The van der Waals surface area contributed by atoms with Gasteiger partial charge >= 0.3 is 0 Å². The molecule has 2 aromatic rings. The number of carbonyl (C=O) groups excluding carboxylic acids is 1. The maximum absolute atomic E-state index is 15.0. The van der Waals surface area contributed by atoms with Gasteiger partial charge in [-0.25, -0.2) is 8.78 Å². The number of hydrogen-bond acceptors (Lipinski definition) is 12. The van der Waals surface area contributed by atoms with Crippen LogP contribution in [0.15, 0.2) is 41.1 Å². The Hall–Kier alpha value is -3.12. The molecular formula is C30H33Cl2F2N3O10. The van der Waals surface area contributed by atoms with Crippen LogP contribution in [0, 0.1) is 5.82 Å². The Bertz CT molecular complexity index is 1550. The third-order valence-electron chi connectivity index (χ3n) is 8.01. The Morgan fingerprint density at radius 3 is 2.49 bits per heavy atom. The van der Waals surface area contributed by atoms with Gasteiger partial charge in [-0.1, -0.05) is 34.4 Å². The fourth-order valence-corrected chi connectivity index (χ4v) is 5.85. The molecule has 1 aliphatic carbocycles. The van der Waals surface area contributed by atoms with E-state index in [1.54, 1.807) is 0 Å². The summed E-state index contributed by atoms with van der Waals surface area (Å²) < 4.78 is 50.3. The lowest BCUT2D eigenvalue weighted by Crippen LogP contribution is -2.67. The predicted octanol–water partition coefficient (Wildman–Crippen LogP) is 1.84. The first-order chi connectivity index (χ1) is 22.3. The van der Waals surface area contributed by atoms with E-state index in [9.17, 15) is 34.0 Å². The fraction of sp³-hybridized carbons (Fsp3) is 0.467. The summed E-state index contributed by atoms with van der Waals surface area (Å²) in [5.41, 5.74) is 7.11. The number of nitrogen functional groups attached to an aromatic ring is 1. The first-order valence-electron chi connectivity index (χ1n) is 14.4. The lowest BCUT2D eigenvalue weighted by atomic mass is 9.83. The smallest absolute Gasteiger partial charge is 0.247 e. The molecule has 0 spiro atoms. The van der Waals surface area contributed by atoms with Crippen LogP contribution in [0.5, 0.6) is 5.75 Å². The van der Waals surface area contributed by atoms with E-state index in [0.717, 1.165) is 12.1 Å². The van der Waals surface area contributed by atoms with E-state index in [0.29, 0.717) is 5.56 Å². The van der Waals surface area contributed by atoms with Crippen LogP contribution in [0.2, 0.25) is 10.0 Å². The lowest BCUT2D eigenvalue weighted by molar-refractivity contribution is -0.155. The number of carbonyl (C=O) groups is 1. The third-order valence-corrected chi connectivity index (χ3v) is 8.85. The quantitative estimate of drug-likeness (QED) is 0.0734. The van der Waals surface area contributed by atoms with E-state index in [2.05, 4.69) is 10.5 Å². The number of halogens is 4. The standard InChI is InChI=1S/C30H33Cl2F2N3O10/c1-11(29(42)36-21-23(39)25(41)28-27(24(21)40)43-10-44-28)5-13-3-4-18(17(35)6-13)46-30-20(34)22(38)26(47-30)12(2)37-45-9-14-7-15(33)8-16(31)19(14)32/h3-8,20-28,30,38-41H,9-10,35H2,1-2H3,(H,36,42)/b11-5+,37-12+/t20-,21-,22+,23+,24-,25-,26-,27+,28-,30-/m1/s1. The normalized spacial score (nSPS) is 32.6. The summed E-state index contributed by atoms with van der Waals surface area (Å²) in [5.74, 6) is -1.23. The Kier molecular flexibility index (Phi) is 10.9. The third kappa shape index (κ3) is 7.48. The maximum atomic E-state index is 15.0. The molecule has 1 amide bonds. The lowest BCUT2D eigenvalue weighted by Gasteiger charge is -2.41. The first-order valence-corrected chi connectivity index (χ1v) is 15.1. The summed E-state index contributed by atoms with van der Waals surface area (Å²) in [6.45, 7) is 2.50. The van der Waals surface area contributed by atoms with Gasteiger partial charge in [-0.2, -0.15) is 0 Å². The molecule has 2 saturated heterocycles. The molecule has 256 valence electrons. The number of aliphatic hydroxyl groups excluding tert-OH is 4. The van der Waals surface area contributed by atoms with Crippen molar-refractivity contribution in [2.75, 3.05) is 12.5 Å². The molecule has 5 rings (SSSR count).